The maximum atomic E-state index is 3.81. The first-order chi connectivity index (χ1) is 5.26. The van der Waals surface area contributed by atoms with Crippen LogP contribution in [0.4, 0.5) is 0 Å². The molecule has 0 spiro atoms. The number of rotatable bonds is 4. The fourth-order valence-corrected chi connectivity index (χ4v) is 0.624. The molecule has 0 N–H and O–H groups in total. The largest absolute Gasteiger partial charge is 0.0985 e. The highest BCUT2D eigenvalue weighted by Gasteiger charge is 1.89. The van der Waals surface area contributed by atoms with Crippen molar-refractivity contribution >= 4 is 0 Å². The van der Waals surface area contributed by atoms with Crippen LogP contribution in [0.3, 0.4) is 0 Å². The van der Waals surface area contributed by atoms with Gasteiger partial charge in [0.1, 0.15) is 0 Å². The van der Waals surface area contributed by atoms with Gasteiger partial charge in [0.25, 0.3) is 0 Å². The van der Waals surface area contributed by atoms with Gasteiger partial charge in [-0.15, -0.1) is 0 Å². The highest BCUT2D eigenvalue weighted by atomic mass is 13.9. The van der Waals surface area contributed by atoms with Crippen molar-refractivity contribution < 1.29 is 0 Å². The molecule has 0 aromatic carbocycles. The Labute approximate surface area is 68.9 Å². The highest BCUT2D eigenvalue weighted by Crippen LogP contribution is 2.09. The Morgan fingerprint density at radius 1 is 1.18 bits per heavy atom. The fourth-order valence-electron chi connectivity index (χ4n) is 0.624. The van der Waals surface area contributed by atoms with E-state index in [1.165, 1.54) is 0 Å². The Balaban J connectivity index is 4.51. The second-order valence-corrected chi connectivity index (χ2v) is 2.08. The lowest BCUT2D eigenvalue weighted by Crippen LogP contribution is -1.77. The van der Waals surface area contributed by atoms with E-state index in [4.69, 9.17) is 0 Å². The van der Waals surface area contributed by atoms with E-state index >= 15 is 0 Å². The number of hydrogen-bond donors (Lipinski definition) is 0. The second-order valence-electron chi connectivity index (χ2n) is 2.08. The SMILES string of the molecule is C=CC(=C)/C(C=C)=C\C=C/C. The molecule has 0 atom stereocenters. The molecule has 0 aromatic rings. The molecule has 0 saturated carbocycles. The van der Waals surface area contributed by atoms with E-state index in [1.807, 2.05) is 25.2 Å². The van der Waals surface area contributed by atoms with Gasteiger partial charge in [-0.1, -0.05) is 50.1 Å². The van der Waals surface area contributed by atoms with Gasteiger partial charge in [0.15, 0.2) is 0 Å². The van der Waals surface area contributed by atoms with Crippen LogP contribution in [0.2, 0.25) is 0 Å². The summed E-state index contributed by atoms with van der Waals surface area (Å²) in [5.74, 6) is 0. The summed E-state index contributed by atoms with van der Waals surface area (Å²) in [4.78, 5) is 0. The van der Waals surface area contributed by atoms with Crippen LogP contribution in [-0.4, -0.2) is 0 Å². The van der Waals surface area contributed by atoms with Crippen LogP contribution >= 0.6 is 0 Å². The molecule has 0 amide bonds. The van der Waals surface area contributed by atoms with E-state index < -0.39 is 0 Å². The quantitative estimate of drug-likeness (QED) is 0.533. The van der Waals surface area contributed by atoms with Crippen LogP contribution in [0.5, 0.6) is 0 Å². The fraction of sp³-hybridized carbons (Fsp3) is 0.0909. The summed E-state index contributed by atoms with van der Waals surface area (Å²) in [5.41, 5.74) is 1.91. The molecule has 0 aliphatic heterocycles. The van der Waals surface area contributed by atoms with Gasteiger partial charge in [-0.3, -0.25) is 0 Å². The highest BCUT2D eigenvalue weighted by molar-refractivity contribution is 5.44. The summed E-state index contributed by atoms with van der Waals surface area (Å²) >= 11 is 0. The summed E-state index contributed by atoms with van der Waals surface area (Å²) in [7, 11) is 0. The van der Waals surface area contributed by atoms with Crippen molar-refractivity contribution in [2.75, 3.05) is 0 Å². The van der Waals surface area contributed by atoms with Gasteiger partial charge in [-0.2, -0.15) is 0 Å². The maximum absolute atomic E-state index is 3.81. The summed E-state index contributed by atoms with van der Waals surface area (Å²) in [5, 5.41) is 0. The molecule has 0 aliphatic carbocycles. The maximum Gasteiger partial charge on any atom is -0.0196 e. The molecule has 0 radical (unpaired) electrons. The third-order valence-corrected chi connectivity index (χ3v) is 1.31. The van der Waals surface area contributed by atoms with Gasteiger partial charge >= 0.3 is 0 Å². The monoisotopic (exact) mass is 146 g/mol. The molecule has 0 nitrogen and oxygen atoms in total. The first-order valence-electron chi connectivity index (χ1n) is 3.53. The number of hydrogen-bond acceptors (Lipinski definition) is 0. The minimum Gasteiger partial charge on any atom is -0.0985 e. The van der Waals surface area contributed by atoms with Crippen LogP contribution < -0.4 is 0 Å². The molecule has 11 heavy (non-hydrogen) atoms. The molecule has 0 heterocycles. The predicted octanol–water partition coefficient (Wildman–Crippen LogP) is 3.42. The van der Waals surface area contributed by atoms with Gasteiger partial charge in [0, 0.05) is 0 Å². The Hall–Kier alpha value is -1.30. The average molecular weight is 146 g/mol. The molecule has 0 aliphatic rings. The Kier molecular flexibility index (Phi) is 4.83. The van der Waals surface area contributed by atoms with E-state index in [9.17, 15) is 0 Å². The molecule has 0 unspecified atom stereocenters. The topological polar surface area (TPSA) is 0 Å². The third-order valence-electron chi connectivity index (χ3n) is 1.31. The van der Waals surface area contributed by atoms with Crippen molar-refractivity contribution in [3.05, 3.63) is 61.3 Å². The summed E-state index contributed by atoms with van der Waals surface area (Å²) in [6, 6.07) is 0. The Bertz CT molecular complexity index is 214. The third kappa shape index (κ3) is 3.41. The zero-order chi connectivity index (χ0) is 8.69. The Morgan fingerprint density at radius 3 is 2.18 bits per heavy atom. The molecule has 0 rings (SSSR count). The molecule has 0 fully saturated rings. The van der Waals surface area contributed by atoms with E-state index in [2.05, 4.69) is 19.7 Å². The van der Waals surface area contributed by atoms with E-state index in [1.54, 1.807) is 12.2 Å². The van der Waals surface area contributed by atoms with Crippen molar-refractivity contribution in [3.63, 3.8) is 0 Å². The molecule has 0 heteroatoms. The summed E-state index contributed by atoms with van der Waals surface area (Å²) in [6.07, 6.45) is 9.35. The molecular weight excluding hydrogens is 132 g/mol. The van der Waals surface area contributed by atoms with Gasteiger partial charge in [-0.05, 0) is 18.1 Å². The standard InChI is InChI=1S/C11H14/c1-5-8-9-11(7-3)10(4)6-2/h5-9H,2-4H2,1H3/b8-5-,11-9-. The van der Waals surface area contributed by atoms with Crippen LogP contribution in [0.15, 0.2) is 61.3 Å². The normalized spacial score (nSPS) is 11.5. The van der Waals surface area contributed by atoms with Gasteiger partial charge in [0.05, 0.1) is 0 Å². The predicted molar refractivity (Wildman–Crippen MR) is 52.4 cm³/mol. The van der Waals surface area contributed by atoms with Gasteiger partial charge in [-0.25, -0.2) is 0 Å². The summed E-state index contributed by atoms with van der Waals surface area (Å²) in [6.45, 7) is 13.1. The van der Waals surface area contributed by atoms with Crippen LogP contribution in [0.1, 0.15) is 6.92 Å². The lowest BCUT2D eigenvalue weighted by molar-refractivity contribution is 1.58. The lowest BCUT2D eigenvalue weighted by Gasteiger charge is -1.97. The van der Waals surface area contributed by atoms with E-state index in [0.29, 0.717) is 0 Å². The second kappa shape index (κ2) is 5.48. The van der Waals surface area contributed by atoms with Crippen molar-refractivity contribution in [2.24, 2.45) is 0 Å². The molecule has 0 saturated heterocycles. The average Bonchev–Trinajstić information content (AvgIpc) is 2.05. The first kappa shape index (κ1) is 9.70. The molecule has 0 aromatic heterocycles. The van der Waals surface area contributed by atoms with Crippen LogP contribution in [0, 0.1) is 0 Å². The Morgan fingerprint density at radius 2 is 1.82 bits per heavy atom. The zero-order valence-corrected chi connectivity index (χ0v) is 7.01. The zero-order valence-electron chi connectivity index (χ0n) is 7.01. The van der Waals surface area contributed by atoms with Crippen molar-refractivity contribution in [3.8, 4) is 0 Å². The summed E-state index contributed by atoms with van der Waals surface area (Å²) < 4.78 is 0. The van der Waals surface area contributed by atoms with Crippen molar-refractivity contribution in [2.45, 2.75) is 6.92 Å². The lowest BCUT2D eigenvalue weighted by atomic mass is 10.1. The van der Waals surface area contributed by atoms with E-state index in [-0.39, 0.29) is 0 Å². The minimum absolute atomic E-state index is 0.901. The first-order valence-corrected chi connectivity index (χ1v) is 3.53. The van der Waals surface area contributed by atoms with Gasteiger partial charge < -0.3 is 0 Å². The van der Waals surface area contributed by atoms with Crippen LogP contribution in [-0.2, 0) is 0 Å². The minimum atomic E-state index is 0.901. The van der Waals surface area contributed by atoms with Crippen LogP contribution in [0.25, 0.3) is 0 Å². The number of allylic oxidation sites excluding steroid dienone is 7. The van der Waals surface area contributed by atoms with Crippen molar-refractivity contribution in [1.29, 1.82) is 0 Å². The van der Waals surface area contributed by atoms with E-state index in [0.717, 1.165) is 11.1 Å². The molecule has 58 valence electrons. The smallest absolute Gasteiger partial charge is 0.0196 e. The van der Waals surface area contributed by atoms with Gasteiger partial charge in [0.2, 0.25) is 0 Å². The molecular formula is C11H14. The molecule has 0 bridgehead atoms. The van der Waals surface area contributed by atoms with Crippen molar-refractivity contribution in [1.82, 2.24) is 0 Å².